The molecule has 1 aromatic heterocycles. The molecule has 15 heavy (non-hydrogen) atoms. The van der Waals surface area contributed by atoms with E-state index >= 15 is 0 Å². The van der Waals surface area contributed by atoms with Crippen LogP contribution in [0.25, 0.3) is 0 Å². The van der Waals surface area contributed by atoms with E-state index in [1.807, 2.05) is 0 Å². The first-order valence-corrected chi connectivity index (χ1v) is 5.73. The van der Waals surface area contributed by atoms with Crippen LogP contribution in [-0.2, 0) is 4.74 Å². The summed E-state index contributed by atoms with van der Waals surface area (Å²) in [6, 6.07) is 0. The fourth-order valence-corrected chi connectivity index (χ4v) is 2.44. The number of esters is 1. The summed E-state index contributed by atoms with van der Waals surface area (Å²) in [5, 5.41) is 12.1. The van der Waals surface area contributed by atoms with Gasteiger partial charge in [-0.3, -0.25) is 0 Å². The lowest BCUT2D eigenvalue weighted by molar-refractivity contribution is 0.0594. The number of hydrogen-bond donors (Lipinski definition) is 1. The van der Waals surface area contributed by atoms with Crippen LogP contribution >= 0.6 is 11.3 Å². The SMILES string of the molecule is COC(=O)c1csc(C(O)C2CC2C)n1. The van der Waals surface area contributed by atoms with Gasteiger partial charge in [0.25, 0.3) is 0 Å². The van der Waals surface area contributed by atoms with Crippen molar-refractivity contribution >= 4 is 17.3 Å². The highest BCUT2D eigenvalue weighted by atomic mass is 32.1. The Morgan fingerprint density at radius 2 is 2.47 bits per heavy atom. The van der Waals surface area contributed by atoms with Crippen molar-refractivity contribution in [3.63, 3.8) is 0 Å². The average molecular weight is 227 g/mol. The summed E-state index contributed by atoms with van der Waals surface area (Å²) in [5.74, 6) is 0.417. The number of rotatable bonds is 3. The molecule has 3 atom stereocenters. The quantitative estimate of drug-likeness (QED) is 0.797. The van der Waals surface area contributed by atoms with Gasteiger partial charge >= 0.3 is 5.97 Å². The summed E-state index contributed by atoms with van der Waals surface area (Å²) in [6.07, 6.45) is 0.511. The molecular formula is C10H13NO3S. The molecule has 0 bridgehead atoms. The van der Waals surface area contributed by atoms with Crippen LogP contribution in [0, 0.1) is 11.8 Å². The highest BCUT2D eigenvalue weighted by Gasteiger charge is 2.40. The molecule has 82 valence electrons. The van der Waals surface area contributed by atoms with Crippen molar-refractivity contribution in [1.82, 2.24) is 4.98 Å². The van der Waals surface area contributed by atoms with Gasteiger partial charge in [0.05, 0.1) is 7.11 Å². The van der Waals surface area contributed by atoms with E-state index in [2.05, 4.69) is 16.6 Å². The van der Waals surface area contributed by atoms with Crippen LogP contribution < -0.4 is 0 Å². The van der Waals surface area contributed by atoms with Gasteiger partial charge in [0.2, 0.25) is 0 Å². The number of carbonyl (C=O) groups excluding carboxylic acids is 1. The zero-order chi connectivity index (χ0) is 11.0. The average Bonchev–Trinajstić information content (AvgIpc) is 2.79. The lowest BCUT2D eigenvalue weighted by atomic mass is 10.2. The molecule has 0 aliphatic heterocycles. The van der Waals surface area contributed by atoms with E-state index in [9.17, 15) is 9.90 Å². The smallest absolute Gasteiger partial charge is 0.357 e. The van der Waals surface area contributed by atoms with Crippen LogP contribution in [-0.4, -0.2) is 23.2 Å². The maximum Gasteiger partial charge on any atom is 0.357 e. The molecule has 0 spiro atoms. The van der Waals surface area contributed by atoms with Crippen LogP contribution in [0.15, 0.2) is 5.38 Å². The highest BCUT2D eigenvalue weighted by Crippen LogP contribution is 2.47. The largest absolute Gasteiger partial charge is 0.464 e. The maximum atomic E-state index is 11.1. The molecule has 4 nitrogen and oxygen atoms in total. The normalized spacial score (nSPS) is 26.1. The minimum atomic E-state index is -0.525. The highest BCUT2D eigenvalue weighted by molar-refractivity contribution is 7.09. The molecule has 1 aromatic rings. The van der Waals surface area contributed by atoms with Crippen molar-refractivity contribution in [2.45, 2.75) is 19.4 Å². The number of aliphatic hydroxyl groups excluding tert-OH is 1. The minimum Gasteiger partial charge on any atom is -0.464 e. The number of carbonyl (C=O) groups is 1. The van der Waals surface area contributed by atoms with E-state index < -0.39 is 12.1 Å². The second-order valence-electron chi connectivity index (χ2n) is 3.88. The lowest BCUT2D eigenvalue weighted by Crippen LogP contribution is -2.04. The molecule has 0 saturated heterocycles. The molecule has 2 rings (SSSR count). The van der Waals surface area contributed by atoms with Crippen molar-refractivity contribution < 1.29 is 14.6 Å². The van der Waals surface area contributed by atoms with Gasteiger partial charge in [-0.25, -0.2) is 9.78 Å². The van der Waals surface area contributed by atoms with Crippen molar-refractivity contribution in [3.8, 4) is 0 Å². The molecule has 1 aliphatic rings. The lowest BCUT2D eigenvalue weighted by Gasteiger charge is -2.04. The molecule has 0 amide bonds. The molecule has 0 radical (unpaired) electrons. The predicted octanol–water partition coefficient (Wildman–Crippen LogP) is 1.62. The first-order chi connectivity index (χ1) is 7.13. The molecule has 0 aromatic carbocycles. The molecule has 1 heterocycles. The van der Waals surface area contributed by atoms with Gasteiger partial charge in [-0.1, -0.05) is 6.92 Å². The van der Waals surface area contributed by atoms with Crippen LogP contribution in [0.2, 0.25) is 0 Å². The van der Waals surface area contributed by atoms with Gasteiger partial charge in [-0.2, -0.15) is 0 Å². The summed E-state index contributed by atoms with van der Waals surface area (Å²) in [4.78, 5) is 15.2. The Labute approximate surface area is 91.9 Å². The summed E-state index contributed by atoms with van der Waals surface area (Å²) in [7, 11) is 1.32. The van der Waals surface area contributed by atoms with Crippen molar-refractivity contribution in [2.24, 2.45) is 11.8 Å². The zero-order valence-electron chi connectivity index (χ0n) is 8.64. The Hall–Kier alpha value is -0.940. The summed E-state index contributed by atoms with van der Waals surface area (Å²) in [6.45, 7) is 2.10. The monoisotopic (exact) mass is 227 g/mol. The topological polar surface area (TPSA) is 59.4 Å². The van der Waals surface area contributed by atoms with Crippen LogP contribution in [0.4, 0.5) is 0 Å². The molecule has 1 fully saturated rings. The van der Waals surface area contributed by atoms with Crippen molar-refractivity contribution in [2.75, 3.05) is 7.11 Å². The van der Waals surface area contributed by atoms with Gasteiger partial charge in [0.15, 0.2) is 5.69 Å². The number of hydrogen-bond acceptors (Lipinski definition) is 5. The molecule has 3 unspecified atom stereocenters. The molecule has 1 saturated carbocycles. The Balaban J connectivity index is 2.09. The van der Waals surface area contributed by atoms with E-state index in [-0.39, 0.29) is 5.69 Å². The van der Waals surface area contributed by atoms with Crippen LogP contribution in [0.5, 0.6) is 0 Å². The predicted molar refractivity (Wildman–Crippen MR) is 55.7 cm³/mol. The Morgan fingerprint density at radius 3 is 3.00 bits per heavy atom. The van der Waals surface area contributed by atoms with Crippen LogP contribution in [0.3, 0.4) is 0 Å². The molecule has 5 heteroatoms. The van der Waals surface area contributed by atoms with E-state index in [4.69, 9.17) is 0 Å². The minimum absolute atomic E-state index is 0.282. The van der Waals surface area contributed by atoms with Crippen LogP contribution in [0.1, 0.15) is 34.9 Å². The number of nitrogens with zero attached hydrogens (tertiary/aromatic N) is 1. The Bertz CT molecular complexity index is 376. The van der Waals surface area contributed by atoms with E-state index in [1.54, 1.807) is 5.38 Å². The Morgan fingerprint density at radius 1 is 1.80 bits per heavy atom. The third-order valence-corrected chi connectivity index (χ3v) is 3.66. The molecule has 1 aliphatic carbocycles. The molecular weight excluding hydrogens is 214 g/mol. The second kappa shape index (κ2) is 3.90. The number of aliphatic hydroxyl groups is 1. The van der Waals surface area contributed by atoms with Gasteiger partial charge in [0.1, 0.15) is 11.1 Å². The van der Waals surface area contributed by atoms with Gasteiger partial charge in [-0.05, 0) is 18.3 Å². The molecule has 1 N–H and O–H groups in total. The van der Waals surface area contributed by atoms with Gasteiger partial charge in [-0.15, -0.1) is 11.3 Å². The zero-order valence-corrected chi connectivity index (χ0v) is 9.45. The standard InChI is InChI=1S/C10H13NO3S/c1-5-3-6(5)8(12)9-11-7(4-15-9)10(13)14-2/h4-6,8,12H,3H2,1-2H3. The number of thiazole rings is 1. The number of ether oxygens (including phenoxy) is 1. The first-order valence-electron chi connectivity index (χ1n) is 4.85. The van der Waals surface area contributed by atoms with Crippen molar-refractivity contribution in [1.29, 1.82) is 0 Å². The third-order valence-electron chi connectivity index (χ3n) is 2.75. The van der Waals surface area contributed by atoms with Gasteiger partial charge in [0, 0.05) is 5.38 Å². The number of methoxy groups -OCH3 is 1. The maximum absolute atomic E-state index is 11.1. The second-order valence-corrected chi connectivity index (χ2v) is 4.77. The Kier molecular flexibility index (Phi) is 2.75. The van der Waals surface area contributed by atoms with E-state index in [1.165, 1.54) is 18.4 Å². The van der Waals surface area contributed by atoms with Crippen molar-refractivity contribution in [3.05, 3.63) is 16.1 Å². The van der Waals surface area contributed by atoms with E-state index in [0.29, 0.717) is 16.8 Å². The fourth-order valence-electron chi connectivity index (χ4n) is 1.60. The van der Waals surface area contributed by atoms with Gasteiger partial charge < -0.3 is 9.84 Å². The van der Waals surface area contributed by atoms with E-state index in [0.717, 1.165) is 6.42 Å². The first kappa shape index (κ1) is 10.6. The third kappa shape index (κ3) is 2.03. The summed E-state index contributed by atoms with van der Waals surface area (Å²) in [5.41, 5.74) is 0.282. The number of aromatic nitrogens is 1. The summed E-state index contributed by atoms with van der Waals surface area (Å²) >= 11 is 1.31. The fraction of sp³-hybridized carbons (Fsp3) is 0.600. The summed E-state index contributed by atoms with van der Waals surface area (Å²) < 4.78 is 4.55.